The van der Waals surface area contributed by atoms with E-state index in [1.165, 1.54) is 12.1 Å². The first-order valence-electron chi connectivity index (χ1n) is 5.68. The molecule has 0 saturated heterocycles. The van der Waals surface area contributed by atoms with Gasteiger partial charge in [-0.05, 0) is 41.1 Å². The first-order valence-corrected chi connectivity index (χ1v) is 5.68. The van der Waals surface area contributed by atoms with E-state index in [1.54, 1.807) is 24.3 Å². The largest absolute Gasteiger partial charge is 0.507 e. The van der Waals surface area contributed by atoms with Gasteiger partial charge in [-0.15, -0.1) is 0 Å². The lowest BCUT2D eigenvalue weighted by Crippen LogP contribution is -1.95. The first kappa shape index (κ1) is 11.3. The Balaban J connectivity index is 2.44. The van der Waals surface area contributed by atoms with Crippen molar-refractivity contribution >= 4 is 27.5 Å². The van der Waals surface area contributed by atoms with Gasteiger partial charge in [0.2, 0.25) is 0 Å². The number of benzene rings is 3. The Hall–Kier alpha value is -2.75. The number of aromatic carboxylic acids is 1. The van der Waals surface area contributed by atoms with E-state index in [0.29, 0.717) is 16.2 Å². The number of carbonyl (C=O) groups is 1. The first-order chi connectivity index (χ1) is 9.06. The molecule has 0 spiro atoms. The van der Waals surface area contributed by atoms with Gasteiger partial charge in [-0.25, -0.2) is 4.79 Å². The second kappa shape index (κ2) is 3.88. The monoisotopic (exact) mass is 254 g/mol. The van der Waals surface area contributed by atoms with Crippen molar-refractivity contribution < 1.29 is 20.1 Å². The minimum Gasteiger partial charge on any atom is -0.507 e. The van der Waals surface area contributed by atoms with Gasteiger partial charge in [0.15, 0.2) is 0 Å². The number of carboxylic acids is 1. The molecule has 0 aromatic heterocycles. The van der Waals surface area contributed by atoms with Crippen LogP contribution >= 0.6 is 0 Å². The lowest BCUT2D eigenvalue weighted by Gasteiger charge is -2.07. The fraction of sp³-hybridized carbons (Fsp3) is 0. The van der Waals surface area contributed by atoms with E-state index in [1.807, 2.05) is 6.07 Å². The second-order valence-electron chi connectivity index (χ2n) is 4.37. The van der Waals surface area contributed by atoms with Crippen molar-refractivity contribution in [2.75, 3.05) is 0 Å². The van der Waals surface area contributed by atoms with E-state index in [9.17, 15) is 15.0 Å². The summed E-state index contributed by atoms with van der Waals surface area (Å²) in [5, 5.41) is 31.2. The van der Waals surface area contributed by atoms with Crippen LogP contribution < -0.4 is 0 Å². The van der Waals surface area contributed by atoms with Crippen LogP contribution in [0.4, 0.5) is 0 Å². The highest BCUT2D eigenvalue weighted by molar-refractivity contribution is 6.05. The smallest absolute Gasteiger partial charge is 0.335 e. The van der Waals surface area contributed by atoms with Crippen molar-refractivity contribution in [1.82, 2.24) is 0 Å². The van der Waals surface area contributed by atoms with Crippen molar-refractivity contribution in [2.45, 2.75) is 0 Å². The predicted molar refractivity (Wildman–Crippen MR) is 71.7 cm³/mol. The maximum Gasteiger partial charge on any atom is 0.335 e. The molecule has 0 bridgehead atoms. The van der Waals surface area contributed by atoms with Crippen molar-refractivity contribution in [3.63, 3.8) is 0 Å². The fourth-order valence-electron chi connectivity index (χ4n) is 2.23. The molecular weight excluding hydrogens is 244 g/mol. The highest BCUT2D eigenvalue weighted by atomic mass is 16.4. The normalized spacial score (nSPS) is 10.9. The van der Waals surface area contributed by atoms with Crippen LogP contribution in [0.25, 0.3) is 21.5 Å². The summed E-state index contributed by atoms with van der Waals surface area (Å²) in [6.45, 7) is 0. The lowest BCUT2D eigenvalue weighted by molar-refractivity contribution is 0.0696. The summed E-state index contributed by atoms with van der Waals surface area (Å²) in [5.41, 5.74) is 0.0319. The topological polar surface area (TPSA) is 77.8 Å². The van der Waals surface area contributed by atoms with E-state index in [-0.39, 0.29) is 17.1 Å². The highest BCUT2D eigenvalue weighted by Gasteiger charge is 2.10. The molecule has 0 unspecified atom stereocenters. The summed E-state index contributed by atoms with van der Waals surface area (Å²) >= 11 is 0. The summed E-state index contributed by atoms with van der Waals surface area (Å²) in [7, 11) is 0. The number of hydrogen-bond acceptors (Lipinski definition) is 3. The van der Waals surface area contributed by atoms with Crippen LogP contribution in [0.2, 0.25) is 0 Å². The van der Waals surface area contributed by atoms with Gasteiger partial charge in [0.1, 0.15) is 11.5 Å². The van der Waals surface area contributed by atoms with Crippen LogP contribution in [0.15, 0.2) is 42.5 Å². The number of rotatable bonds is 1. The van der Waals surface area contributed by atoms with E-state index >= 15 is 0 Å². The number of fused-ring (bicyclic) bond motifs is 2. The quantitative estimate of drug-likeness (QED) is 0.583. The molecule has 0 aliphatic rings. The molecule has 94 valence electrons. The molecule has 19 heavy (non-hydrogen) atoms. The number of carboxylic acid groups (broad SMARTS) is 1. The third kappa shape index (κ3) is 1.74. The average Bonchev–Trinajstić information content (AvgIpc) is 2.37. The molecule has 0 saturated carbocycles. The summed E-state index contributed by atoms with van der Waals surface area (Å²) in [6, 6.07) is 11.2. The zero-order valence-electron chi connectivity index (χ0n) is 9.79. The fourth-order valence-corrected chi connectivity index (χ4v) is 2.23. The number of aromatic hydroxyl groups is 2. The molecule has 0 atom stereocenters. The molecule has 0 heterocycles. The van der Waals surface area contributed by atoms with Gasteiger partial charge in [0, 0.05) is 10.8 Å². The van der Waals surface area contributed by atoms with Crippen LogP contribution in [-0.4, -0.2) is 21.3 Å². The van der Waals surface area contributed by atoms with Crippen molar-refractivity contribution in [2.24, 2.45) is 0 Å². The van der Waals surface area contributed by atoms with Crippen LogP contribution in [0.5, 0.6) is 11.5 Å². The standard InChI is InChI=1S/C15H10O4/c16-13-3-1-2-8-4-9-5-10(15(18)19)6-14(17)12(9)7-11(8)13/h1-7,16-17H,(H,18,19). The van der Waals surface area contributed by atoms with E-state index in [4.69, 9.17) is 5.11 Å². The third-order valence-electron chi connectivity index (χ3n) is 3.15. The lowest BCUT2D eigenvalue weighted by atomic mass is 10.0. The Kier molecular flexibility index (Phi) is 2.32. The van der Waals surface area contributed by atoms with Crippen molar-refractivity contribution in [3.05, 3.63) is 48.0 Å². The van der Waals surface area contributed by atoms with Crippen molar-refractivity contribution in [1.29, 1.82) is 0 Å². The van der Waals surface area contributed by atoms with Gasteiger partial charge >= 0.3 is 5.97 Å². The van der Waals surface area contributed by atoms with Gasteiger partial charge in [-0.3, -0.25) is 0 Å². The summed E-state index contributed by atoms with van der Waals surface area (Å²) in [5.74, 6) is -1.07. The van der Waals surface area contributed by atoms with E-state index in [2.05, 4.69) is 0 Å². The number of phenols is 2. The molecule has 3 aromatic rings. The van der Waals surface area contributed by atoms with Gasteiger partial charge in [0.05, 0.1) is 5.56 Å². The highest BCUT2D eigenvalue weighted by Crippen LogP contribution is 2.33. The van der Waals surface area contributed by atoms with Gasteiger partial charge < -0.3 is 15.3 Å². The minimum atomic E-state index is -1.09. The maximum atomic E-state index is 11.0. The van der Waals surface area contributed by atoms with Crippen LogP contribution in [0, 0.1) is 0 Å². The molecule has 3 rings (SSSR count). The van der Waals surface area contributed by atoms with Crippen LogP contribution in [0.1, 0.15) is 10.4 Å². The average molecular weight is 254 g/mol. The zero-order valence-corrected chi connectivity index (χ0v) is 9.79. The van der Waals surface area contributed by atoms with Gasteiger partial charge in [-0.1, -0.05) is 12.1 Å². The second-order valence-corrected chi connectivity index (χ2v) is 4.37. The van der Waals surface area contributed by atoms with E-state index < -0.39 is 5.97 Å². The zero-order chi connectivity index (χ0) is 13.6. The molecule has 0 aliphatic carbocycles. The molecule has 0 amide bonds. The molecular formula is C15H10O4. The molecule has 3 aromatic carbocycles. The number of phenolic OH excluding ortho intramolecular Hbond substituents is 2. The van der Waals surface area contributed by atoms with Crippen molar-refractivity contribution in [3.8, 4) is 11.5 Å². The Morgan fingerprint density at radius 2 is 1.58 bits per heavy atom. The molecule has 4 nitrogen and oxygen atoms in total. The predicted octanol–water partition coefficient (Wildman–Crippen LogP) is 3.10. The number of hydrogen-bond donors (Lipinski definition) is 3. The molecule has 0 fully saturated rings. The Labute approximate surface area is 108 Å². The van der Waals surface area contributed by atoms with Crippen LogP contribution in [-0.2, 0) is 0 Å². The molecule has 4 heteroatoms. The minimum absolute atomic E-state index is 0.0319. The summed E-state index contributed by atoms with van der Waals surface area (Å²) < 4.78 is 0. The molecule has 0 radical (unpaired) electrons. The summed E-state index contributed by atoms with van der Waals surface area (Å²) in [4.78, 5) is 11.0. The molecule has 3 N–H and O–H groups in total. The summed E-state index contributed by atoms with van der Waals surface area (Å²) in [6.07, 6.45) is 0. The Morgan fingerprint density at radius 1 is 0.842 bits per heavy atom. The Morgan fingerprint density at radius 3 is 2.32 bits per heavy atom. The van der Waals surface area contributed by atoms with E-state index in [0.717, 1.165) is 5.39 Å². The third-order valence-corrected chi connectivity index (χ3v) is 3.15. The van der Waals surface area contributed by atoms with Crippen LogP contribution in [0.3, 0.4) is 0 Å². The SMILES string of the molecule is O=C(O)c1cc(O)c2cc3c(O)cccc3cc2c1. The van der Waals surface area contributed by atoms with Gasteiger partial charge in [-0.2, -0.15) is 0 Å². The molecule has 0 aliphatic heterocycles. The Bertz CT molecular complexity index is 821. The maximum absolute atomic E-state index is 11.0. The van der Waals surface area contributed by atoms with Gasteiger partial charge in [0.25, 0.3) is 0 Å².